The van der Waals surface area contributed by atoms with E-state index in [1.807, 2.05) is 0 Å². The lowest BCUT2D eigenvalue weighted by atomic mass is 10.3. The van der Waals surface area contributed by atoms with Gasteiger partial charge in [0.1, 0.15) is 6.04 Å². The number of aliphatic carboxylic acids is 1. The van der Waals surface area contributed by atoms with E-state index in [0.717, 1.165) is 0 Å². The summed E-state index contributed by atoms with van der Waals surface area (Å²) in [6, 6.07) is -0.937. The molecule has 1 amide bonds. The molecule has 2 N–H and O–H groups in total. The summed E-state index contributed by atoms with van der Waals surface area (Å²) in [6.45, 7) is 2.96. The molecule has 0 radical (unpaired) electrons. The zero-order valence-electron chi connectivity index (χ0n) is 5.20. The third-order valence-electron chi connectivity index (χ3n) is 0.816. The Morgan fingerprint density at radius 2 is 2.20 bits per heavy atom. The number of carboxylic acid groups (broad SMARTS) is 1. The molecule has 0 saturated carbocycles. The largest absolute Gasteiger partial charge is 0.480 e. The standard InChI is InChI=1S/C5H7NO3S/c1-3(7)6-4(2-10)5(8)9/h4H,1-2H2,(H2-,6,7,8,9,10)/p+1. The first-order valence-corrected chi connectivity index (χ1v) is 3.17. The summed E-state index contributed by atoms with van der Waals surface area (Å²) in [5.41, 5.74) is 0. The van der Waals surface area contributed by atoms with Crippen molar-refractivity contribution in [3.63, 3.8) is 0 Å². The number of carbonyl (C=O) groups is 2. The van der Waals surface area contributed by atoms with Crippen LogP contribution in [-0.4, -0.2) is 28.8 Å². The van der Waals surface area contributed by atoms with Crippen molar-refractivity contribution in [1.29, 1.82) is 0 Å². The second-order valence-electron chi connectivity index (χ2n) is 1.64. The van der Waals surface area contributed by atoms with Gasteiger partial charge in [-0.25, -0.2) is 9.59 Å². The van der Waals surface area contributed by atoms with E-state index in [4.69, 9.17) is 5.11 Å². The van der Waals surface area contributed by atoms with E-state index >= 15 is 0 Å². The van der Waals surface area contributed by atoms with Crippen molar-refractivity contribution in [2.24, 2.45) is 0 Å². The number of hydrogen-bond acceptors (Lipinski definition) is 3. The minimum atomic E-state index is -1.10. The van der Waals surface area contributed by atoms with E-state index in [9.17, 15) is 9.59 Å². The molecule has 0 saturated heterocycles. The number of amides is 1. The number of carboxylic acids is 1. The second-order valence-corrected chi connectivity index (χ2v) is 2.01. The highest BCUT2D eigenvalue weighted by Crippen LogP contribution is 1.86. The van der Waals surface area contributed by atoms with Crippen molar-refractivity contribution in [2.75, 3.05) is 5.75 Å². The Bertz CT molecular complexity index is 148. The fraction of sp³-hybridized carbons (Fsp3) is 0.400. The molecule has 0 bridgehead atoms. The van der Waals surface area contributed by atoms with Gasteiger partial charge >= 0.3 is 11.9 Å². The zero-order chi connectivity index (χ0) is 8.15. The molecule has 0 rings (SSSR count). The number of thiol groups is 1. The first-order chi connectivity index (χ1) is 4.57. The molecule has 0 aromatic rings. The van der Waals surface area contributed by atoms with E-state index in [1.54, 1.807) is 0 Å². The van der Waals surface area contributed by atoms with Crippen LogP contribution in [0.25, 0.3) is 0 Å². The molecule has 10 heavy (non-hydrogen) atoms. The van der Waals surface area contributed by atoms with Gasteiger partial charge < -0.3 is 10.4 Å². The molecule has 56 valence electrons. The number of hydrogen-bond donors (Lipinski definition) is 3. The van der Waals surface area contributed by atoms with Gasteiger partial charge in [0, 0.05) is 5.75 Å². The van der Waals surface area contributed by atoms with Crippen LogP contribution >= 0.6 is 12.6 Å². The van der Waals surface area contributed by atoms with Crippen LogP contribution in [0.4, 0.5) is 0 Å². The normalized spacial score (nSPS) is 12.1. The lowest BCUT2D eigenvalue weighted by molar-refractivity contribution is -0.140. The van der Waals surface area contributed by atoms with Gasteiger partial charge in [-0.05, 0) is 0 Å². The van der Waals surface area contributed by atoms with Gasteiger partial charge in [0.2, 0.25) is 0 Å². The van der Waals surface area contributed by atoms with Crippen LogP contribution in [0.1, 0.15) is 0 Å². The Balaban J connectivity index is 3.83. The molecular formula is C5H8NO3S+. The molecule has 1 atom stereocenters. The molecule has 4 nitrogen and oxygen atoms in total. The van der Waals surface area contributed by atoms with E-state index in [-0.39, 0.29) is 5.75 Å². The molecule has 0 fully saturated rings. The van der Waals surface area contributed by atoms with E-state index < -0.39 is 17.9 Å². The molecule has 0 aromatic carbocycles. The van der Waals surface area contributed by atoms with Crippen LogP contribution in [0.3, 0.4) is 0 Å². The summed E-state index contributed by atoms with van der Waals surface area (Å²) < 4.78 is 0. The second kappa shape index (κ2) is 4.05. The number of rotatable bonds is 3. The van der Waals surface area contributed by atoms with Gasteiger partial charge in [-0.15, -0.1) is 0 Å². The maximum Gasteiger partial charge on any atom is 0.399 e. The predicted molar refractivity (Wildman–Crippen MR) is 38.8 cm³/mol. The van der Waals surface area contributed by atoms with Gasteiger partial charge in [0.15, 0.2) is 6.92 Å². The van der Waals surface area contributed by atoms with Crippen LogP contribution in [-0.2, 0) is 9.59 Å². The van der Waals surface area contributed by atoms with Crippen LogP contribution in [0.5, 0.6) is 0 Å². The lowest BCUT2D eigenvalue weighted by Gasteiger charge is -2.05. The van der Waals surface area contributed by atoms with Crippen molar-refractivity contribution in [3.05, 3.63) is 6.92 Å². The minimum Gasteiger partial charge on any atom is -0.480 e. The molecule has 5 heteroatoms. The van der Waals surface area contributed by atoms with Crippen LogP contribution in [0, 0.1) is 6.92 Å². The first-order valence-electron chi connectivity index (χ1n) is 2.54. The number of nitrogens with one attached hydrogen (secondary N) is 1. The van der Waals surface area contributed by atoms with Crippen molar-refractivity contribution in [3.8, 4) is 0 Å². The van der Waals surface area contributed by atoms with Gasteiger partial charge in [-0.1, -0.05) is 0 Å². The highest BCUT2D eigenvalue weighted by molar-refractivity contribution is 7.80. The summed E-state index contributed by atoms with van der Waals surface area (Å²) in [5.74, 6) is -1.65. The van der Waals surface area contributed by atoms with Crippen LogP contribution < -0.4 is 5.32 Å². The van der Waals surface area contributed by atoms with E-state index in [0.29, 0.717) is 0 Å². The quantitative estimate of drug-likeness (QED) is 0.380. The summed E-state index contributed by atoms with van der Waals surface area (Å²) >= 11 is 3.71. The van der Waals surface area contributed by atoms with Gasteiger partial charge in [0.05, 0.1) is 0 Å². The fourth-order valence-electron chi connectivity index (χ4n) is 0.380. The minimum absolute atomic E-state index is 0.0661. The maximum atomic E-state index is 10.2. The molecule has 0 aromatic heterocycles. The summed E-state index contributed by atoms with van der Waals surface area (Å²) in [6.07, 6.45) is 0. The Kier molecular flexibility index (Phi) is 3.71. The van der Waals surface area contributed by atoms with Gasteiger partial charge in [-0.3, -0.25) is 0 Å². The molecule has 0 aliphatic carbocycles. The highest BCUT2D eigenvalue weighted by atomic mass is 32.1. The summed E-state index contributed by atoms with van der Waals surface area (Å²) in [7, 11) is 0. The van der Waals surface area contributed by atoms with Crippen molar-refractivity contribution >= 4 is 24.5 Å². The average molecular weight is 162 g/mol. The third kappa shape index (κ3) is 3.24. The molecule has 0 aliphatic rings. The Hall–Kier alpha value is -0.840. The molecular weight excluding hydrogens is 154 g/mol. The highest BCUT2D eigenvalue weighted by Gasteiger charge is 2.17. The van der Waals surface area contributed by atoms with Crippen molar-refractivity contribution in [2.45, 2.75) is 6.04 Å². The summed E-state index contributed by atoms with van der Waals surface area (Å²) in [4.78, 5) is 20.4. The van der Waals surface area contributed by atoms with Gasteiger partial charge in [-0.2, -0.15) is 12.6 Å². The smallest absolute Gasteiger partial charge is 0.399 e. The Labute approximate surface area is 64.0 Å². The summed E-state index contributed by atoms with van der Waals surface area (Å²) in [5, 5.41) is 10.4. The molecule has 1 unspecified atom stereocenters. The predicted octanol–water partition coefficient (Wildman–Crippen LogP) is -0.680. The Morgan fingerprint density at radius 1 is 1.70 bits per heavy atom. The lowest BCUT2D eigenvalue weighted by Crippen LogP contribution is -2.40. The SMILES string of the molecule is [CH2+]C(=O)NC(CS)C(=O)O. The monoisotopic (exact) mass is 162 g/mol. The topological polar surface area (TPSA) is 66.4 Å². The van der Waals surface area contributed by atoms with Crippen LogP contribution in [0.15, 0.2) is 0 Å². The average Bonchev–Trinajstić information content (AvgIpc) is 1.81. The number of carbonyl (C=O) groups excluding carboxylic acids is 1. The first kappa shape index (κ1) is 9.16. The molecule has 0 heterocycles. The third-order valence-corrected chi connectivity index (χ3v) is 1.18. The molecule has 0 aliphatic heterocycles. The van der Waals surface area contributed by atoms with E-state index in [1.165, 1.54) is 0 Å². The van der Waals surface area contributed by atoms with Crippen molar-refractivity contribution < 1.29 is 14.7 Å². The van der Waals surface area contributed by atoms with Gasteiger partial charge in [0.25, 0.3) is 0 Å². The molecule has 0 spiro atoms. The maximum absolute atomic E-state index is 10.2. The van der Waals surface area contributed by atoms with E-state index in [2.05, 4.69) is 24.9 Å². The van der Waals surface area contributed by atoms with Crippen LogP contribution in [0.2, 0.25) is 0 Å². The fourth-order valence-corrected chi connectivity index (χ4v) is 0.627. The Morgan fingerprint density at radius 3 is 2.30 bits per heavy atom. The zero-order valence-corrected chi connectivity index (χ0v) is 6.10. The van der Waals surface area contributed by atoms with Crippen molar-refractivity contribution in [1.82, 2.24) is 5.32 Å².